The van der Waals surface area contributed by atoms with Crippen LogP contribution in [0.25, 0.3) is 0 Å². The summed E-state index contributed by atoms with van der Waals surface area (Å²) in [6.07, 6.45) is 2.13. The Kier molecular flexibility index (Phi) is 4.62. The number of hydrogen-bond donors (Lipinski definition) is 0. The van der Waals surface area contributed by atoms with E-state index in [0.717, 1.165) is 25.1 Å². The molecule has 1 aromatic rings. The molecule has 0 saturated heterocycles. The number of fused-ring (bicyclic) bond motifs is 1. The molecule has 0 spiro atoms. The molecule has 0 radical (unpaired) electrons. The average Bonchev–Trinajstić information content (AvgIpc) is 2.27. The number of hydrogen-bond acceptors (Lipinski definition) is 1. The topological polar surface area (TPSA) is 12.4 Å². The van der Waals surface area contributed by atoms with Crippen molar-refractivity contribution in [2.24, 2.45) is 4.99 Å². The lowest BCUT2D eigenvalue weighted by Crippen LogP contribution is -2.14. The van der Waals surface area contributed by atoms with Gasteiger partial charge in [0.05, 0.1) is 11.6 Å². The Bertz CT molecular complexity index is 372. The molecule has 0 bridgehead atoms. The number of alkyl halides is 1. The monoisotopic (exact) mass is 243 g/mol. The highest BCUT2D eigenvalue weighted by Gasteiger charge is 2.12. The van der Waals surface area contributed by atoms with Crippen LogP contribution in [0.4, 0.5) is 0 Å². The van der Waals surface area contributed by atoms with Gasteiger partial charge in [-0.3, -0.25) is 4.99 Å². The largest absolute Gasteiger partial charge is 0.288 e. The van der Waals surface area contributed by atoms with Crippen LogP contribution in [0.2, 0.25) is 0 Å². The zero-order valence-electron chi connectivity index (χ0n) is 8.79. The van der Waals surface area contributed by atoms with Crippen LogP contribution in [0.1, 0.15) is 23.6 Å². The second-order valence-corrected chi connectivity index (χ2v) is 3.82. The molecule has 0 N–H and O–H groups in total. The summed E-state index contributed by atoms with van der Waals surface area (Å²) in [6, 6.07) is 6.65. The first-order chi connectivity index (χ1) is 6.85. The standard InChI is InChI=1S/C12H14ClN.ClH/c1-2-9-3-4-10-5-6-14-12(8-13)11(10)7-9;/h3-4,7H,2,5-6,8H2,1H3;1H. The minimum absolute atomic E-state index is 0. The maximum absolute atomic E-state index is 5.87. The van der Waals surface area contributed by atoms with Gasteiger partial charge in [-0.1, -0.05) is 19.1 Å². The van der Waals surface area contributed by atoms with Crippen molar-refractivity contribution < 1.29 is 0 Å². The fourth-order valence-electron chi connectivity index (χ4n) is 1.84. The molecule has 0 amide bonds. The molecular weight excluding hydrogens is 229 g/mol. The zero-order valence-corrected chi connectivity index (χ0v) is 10.4. The predicted molar refractivity (Wildman–Crippen MR) is 68.9 cm³/mol. The van der Waals surface area contributed by atoms with Crippen LogP contribution in [0.3, 0.4) is 0 Å². The Morgan fingerprint density at radius 1 is 1.40 bits per heavy atom. The molecule has 15 heavy (non-hydrogen) atoms. The van der Waals surface area contributed by atoms with Crippen molar-refractivity contribution in [1.29, 1.82) is 0 Å². The molecule has 3 heteroatoms. The summed E-state index contributed by atoms with van der Waals surface area (Å²) >= 11 is 5.87. The molecule has 1 heterocycles. The Balaban J connectivity index is 0.00000112. The summed E-state index contributed by atoms with van der Waals surface area (Å²) in [5.41, 5.74) is 5.09. The van der Waals surface area contributed by atoms with Gasteiger partial charge in [0.25, 0.3) is 0 Å². The molecule has 0 aromatic heterocycles. The lowest BCUT2D eigenvalue weighted by Gasteiger charge is -2.16. The Labute approximate surface area is 102 Å². The van der Waals surface area contributed by atoms with E-state index in [1.165, 1.54) is 16.7 Å². The first kappa shape index (κ1) is 12.5. The fraction of sp³-hybridized carbons (Fsp3) is 0.417. The van der Waals surface area contributed by atoms with Gasteiger partial charge in [0.15, 0.2) is 0 Å². The van der Waals surface area contributed by atoms with E-state index in [1.807, 2.05) is 0 Å². The van der Waals surface area contributed by atoms with Crippen molar-refractivity contribution in [3.8, 4) is 0 Å². The van der Waals surface area contributed by atoms with Gasteiger partial charge in [0.1, 0.15) is 0 Å². The molecule has 1 nitrogen and oxygen atoms in total. The van der Waals surface area contributed by atoms with E-state index in [4.69, 9.17) is 11.6 Å². The highest BCUT2D eigenvalue weighted by atomic mass is 35.5. The van der Waals surface area contributed by atoms with Gasteiger partial charge in [-0.15, -0.1) is 24.0 Å². The summed E-state index contributed by atoms with van der Waals surface area (Å²) in [6.45, 7) is 3.06. The highest BCUT2D eigenvalue weighted by Crippen LogP contribution is 2.19. The Morgan fingerprint density at radius 3 is 2.87 bits per heavy atom. The van der Waals surface area contributed by atoms with Gasteiger partial charge in [-0.25, -0.2) is 0 Å². The van der Waals surface area contributed by atoms with Gasteiger partial charge in [0, 0.05) is 12.1 Å². The summed E-state index contributed by atoms with van der Waals surface area (Å²) in [5.74, 6) is 0.528. The van der Waals surface area contributed by atoms with Crippen LogP contribution in [0.15, 0.2) is 23.2 Å². The highest BCUT2D eigenvalue weighted by molar-refractivity contribution is 6.32. The Morgan fingerprint density at radius 2 is 2.20 bits per heavy atom. The van der Waals surface area contributed by atoms with Crippen molar-refractivity contribution in [2.75, 3.05) is 12.4 Å². The molecule has 0 fully saturated rings. The van der Waals surface area contributed by atoms with E-state index in [-0.39, 0.29) is 12.4 Å². The van der Waals surface area contributed by atoms with Crippen LogP contribution < -0.4 is 0 Å². The zero-order chi connectivity index (χ0) is 9.97. The van der Waals surface area contributed by atoms with Crippen LogP contribution in [-0.4, -0.2) is 18.1 Å². The van der Waals surface area contributed by atoms with Crippen molar-refractivity contribution in [1.82, 2.24) is 0 Å². The summed E-state index contributed by atoms with van der Waals surface area (Å²) in [4.78, 5) is 4.45. The molecule has 82 valence electrons. The molecule has 1 aliphatic heterocycles. The van der Waals surface area contributed by atoms with Gasteiger partial charge in [-0.2, -0.15) is 0 Å². The van der Waals surface area contributed by atoms with Gasteiger partial charge in [0.2, 0.25) is 0 Å². The van der Waals surface area contributed by atoms with E-state index >= 15 is 0 Å². The van der Waals surface area contributed by atoms with Crippen molar-refractivity contribution >= 4 is 29.7 Å². The molecule has 1 aromatic carbocycles. The predicted octanol–water partition coefficient (Wildman–Crippen LogP) is 3.25. The van der Waals surface area contributed by atoms with Gasteiger partial charge < -0.3 is 0 Å². The first-order valence-corrected chi connectivity index (χ1v) is 5.60. The SMILES string of the molecule is CCc1ccc2c(c1)C(CCl)=NCC2.Cl. The molecule has 0 unspecified atom stereocenters. The fourth-order valence-corrected chi connectivity index (χ4v) is 2.07. The number of rotatable bonds is 2. The van der Waals surface area contributed by atoms with E-state index in [9.17, 15) is 0 Å². The van der Waals surface area contributed by atoms with E-state index in [2.05, 4.69) is 30.1 Å². The second-order valence-electron chi connectivity index (χ2n) is 3.56. The molecular formula is C12H15Cl2N. The summed E-state index contributed by atoms with van der Waals surface area (Å²) in [5, 5.41) is 0. The average molecular weight is 244 g/mol. The maximum atomic E-state index is 5.87. The Hall–Kier alpha value is -0.530. The maximum Gasteiger partial charge on any atom is 0.0649 e. The van der Waals surface area contributed by atoms with E-state index < -0.39 is 0 Å². The van der Waals surface area contributed by atoms with Gasteiger partial charge in [-0.05, 0) is 30.0 Å². The minimum Gasteiger partial charge on any atom is -0.288 e. The van der Waals surface area contributed by atoms with Crippen LogP contribution in [-0.2, 0) is 12.8 Å². The lowest BCUT2D eigenvalue weighted by molar-refractivity contribution is 0.938. The van der Waals surface area contributed by atoms with E-state index in [0.29, 0.717) is 5.88 Å². The van der Waals surface area contributed by atoms with Crippen molar-refractivity contribution in [2.45, 2.75) is 19.8 Å². The van der Waals surface area contributed by atoms with Crippen molar-refractivity contribution in [3.63, 3.8) is 0 Å². The number of benzene rings is 1. The van der Waals surface area contributed by atoms with Gasteiger partial charge >= 0.3 is 0 Å². The molecule has 0 saturated carbocycles. The lowest BCUT2D eigenvalue weighted by atomic mass is 9.95. The number of aryl methyl sites for hydroxylation is 1. The van der Waals surface area contributed by atoms with E-state index in [1.54, 1.807) is 0 Å². The van der Waals surface area contributed by atoms with Crippen LogP contribution in [0.5, 0.6) is 0 Å². The molecule has 0 atom stereocenters. The van der Waals surface area contributed by atoms with Crippen LogP contribution in [0, 0.1) is 0 Å². The first-order valence-electron chi connectivity index (χ1n) is 5.06. The molecule has 2 rings (SSSR count). The number of nitrogens with zero attached hydrogens (tertiary/aromatic N) is 1. The number of halogens is 2. The quantitative estimate of drug-likeness (QED) is 0.708. The second kappa shape index (κ2) is 5.53. The summed E-state index contributed by atoms with van der Waals surface area (Å²) in [7, 11) is 0. The summed E-state index contributed by atoms with van der Waals surface area (Å²) < 4.78 is 0. The van der Waals surface area contributed by atoms with Crippen LogP contribution >= 0.6 is 24.0 Å². The smallest absolute Gasteiger partial charge is 0.0649 e. The third-order valence-electron chi connectivity index (χ3n) is 2.70. The number of aliphatic imine (C=N–C) groups is 1. The third-order valence-corrected chi connectivity index (χ3v) is 2.96. The molecule has 0 aliphatic carbocycles. The molecule has 1 aliphatic rings. The normalized spacial score (nSPS) is 13.9. The van der Waals surface area contributed by atoms with Crippen molar-refractivity contribution in [3.05, 3.63) is 34.9 Å². The third kappa shape index (κ3) is 2.53. The minimum atomic E-state index is 0.